The summed E-state index contributed by atoms with van der Waals surface area (Å²) >= 11 is 0. The topological polar surface area (TPSA) is 87.7 Å². The molecule has 1 atom stereocenters. The Kier molecular flexibility index (Phi) is 4.70. The Morgan fingerprint density at radius 1 is 1.50 bits per heavy atom. The molecule has 0 aliphatic carbocycles. The molecular weight excluding hydrogens is 260 g/mol. The number of carbonyl (C=O) groups excluding carboxylic acids is 1. The maximum atomic E-state index is 11.9. The van der Waals surface area contributed by atoms with E-state index in [1.165, 1.54) is 12.1 Å². The Bertz CT molecular complexity index is 510. The van der Waals surface area contributed by atoms with Crippen molar-refractivity contribution in [3.8, 4) is 0 Å². The third-order valence-corrected chi connectivity index (χ3v) is 3.18. The minimum absolute atomic E-state index is 0.133. The van der Waals surface area contributed by atoms with Gasteiger partial charge in [0.1, 0.15) is 0 Å². The lowest BCUT2D eigenvalue weighted by Crippen LogP contribution is -2.40. The molecule has 108 valence electrons. The monoisotopic (exact) mass is 278 g/mol. The Hall–Kier alpha value is -1.92. The zero-order chi connectivity index (χ0) is 14.5. The van der Waals surface area contributed by atoms with E-state index in [4.69, 9.17) is 9.84 Å². The van der Waals surface area contributed by atoms with Gasteiger partial charge in [0, 0.05) is 18.8 Å². The van der Waals surface area contributed by atoms with Crippen molar-refractivity contribution in [1.82, 2.24) is 5.32 Å². The van der Waals surface area contributed by atoms with E-state index >= 15 is 0 Å². The number of nitrogens with one attached hydrogen (secondary N) is 2. The van der Waals surface area contributed by atoms with Gasteiger partial charge in [0.15, 0.2) is 0 Å². The van der Waals surface area contributed by atoms with E-state index in [1.54, 1.807) is 6.07 Å². The maximum absolute atomic E-state index is 11.9. The van der Waals surface area contributed by atoms with E-state index in [-0.39, 0.29) is 24.0 Å². The van der Waals surface area contributed by atoms with Crippen LogP contribution in [-0.2, 0) is 9.53 Å². The first-order valence-corrected chi connectivity index (χ1v) is 6.52. The number of anilines is 1. The number of benzene rings is 1. The lowest BCUT2D eigenvalue weighted by atomic mass is 10.1. The third kappa shape index (κ3) is 3.79. The summed E-state index contributed by atoms with van der Waals surface area (Å²) < 4.78 is 5.46. The molecule has 1 aliphatic heterocycles. The summed E-state index contributed by atoms with van der Waals surface area (Å²) in [4.78, 5) is 22.9. The minimum atomic E-state index is -1.01. The Balaban J connectivity index is 1.99. The molecule has 1 aliphatic rings. The number of carbonyl (C=O) groups is 2. The third-order valence-electron chi connectivity index (χ3n) is 3.18. The van der Waals surface area contributed by atoms with Gasteiger partial charge in [-0.3, -0.25) is 4.79 Å². The minimum Gasteiger partial charge on any atom is -0.478 e. The van der Waals surface area contributed by atoms with Crippen LogP contribution in [-0.4, -0.2) is 42.8 Å². The van der Waals surface area contributed by atoms with Crippen molar-refractivity contribution in [3.63, 3.8) is 0 Å². The van der Waals surface area contributed by atoms with Crippen molar-refractivity contribution in [2.45, 2.75) is 19.4 Å². The average molecular weight is 278 g/mol. The SMILES string of the molecule is Cc1ccc(C(=O)O)cc1NC(=O)CC1CNCCO1. The van der Waals surface area contributed by atoms with Gasteiger partial charge in [-0.25, -0.2) is 4.79 Å². The molecule has 20 heavy (non-hydrogen) atoms. The summed E-state index contributed by atoms with van der Waals surface area (Å²) in [6.07, 6.45) is 0.121. The van der Waals surface area contributed by atoms with Crippen LogP contribution >= 0.6 is 0 Å². The van der Waals surface area contributed by atoms with Crippen LogP contribution in [0.25, 0.3) is 0 Å². The van der Waals surface area contributed by atoms with Crippen molar-refractivity contribution in [1.29, 1.82) is 0 Å². The standard InChI is InChI=1S/C14H18N2O4/c1-9-2-3-10(14(18)19)6-12(9)16-13(17)7-11-8-15-4-5-20-11/h2-3,6,11,15H,4-5,7-8H2,1H3,(H,16,17)(H,18,19). The van der Waals surface area contributed by atoms with E-state index in [9.17, 15) is 9.59 Å². The highest BCUT2D eigenvalue weighted by Gasteiger charge is 2.18. The molecule has 1 saturated heterocycles. The molecule has 1 aromatic rings. The zero-order valence-electron chi connectivity index (χ0n) is 11.3. The van der Waals surface area contributed by atoms with E-state index in [0.717, 1.165) is 12.1 Å². The fourth-order valence-electron chi connectivity index (χ4n) is 2.05. The van der Waals surface area contributed by atoms with Crippen molar-refractivity contribution >= 4 is 17.6 Å². The van der Waals surface area contributed by atoms with Crippen molar-refractivity contribution in [3.05, 3.63) is 29.3 Å². The van der Waals surface area contributed by atoms with Crippen LogP contribution in [0.1, 0.15) is 22.3 Å². The number of ether oxygens (including phenoxy) is 1. The zero-order valence-corrected chi connectivity index (χ0v) is 11.3. The van der Waals surface area contributed by atoms with Gasteiger partial charge in [0.2, 0.25) is 5.91 Å². The van der Waals surface area contributed by atoms with Crippen LogP contribution in [0.5, 0.6) is 0 Å². The van der Waals surface area contributed by atoms with E-state index in [2.05, 4.69) is 10.6 Å². The number of rotatable bonds is 4. The molecular formula is C14H18N2O4. The van der Waals surface area contributed by atoms with Gasteiger partial charge in [-0.2, -0.15) is 0 Å². The average Bonchev–Trinajstić information content (AvgIpc) is 2.42. The summed E-state index contributed by atoms with van der Waals surface area (Å²) in [5.41, 5.74) is 1.51. The van der Waals surface area contributed by atoms with Gasteiger partial charge in [0.25, 0.3) is 0 Å². The first-order valence-electron chi connectivity index (χ1n) is 6.52. The fourth-order valence-corrected chi connectivity index (χ4v) is 2.05. The van der Waals surface area contributed by atoms with E-state index in [1.807, 2.05) is 6.92 Å². The van der Waals surface area contributed by atoms with E-state index < -0.39 is 5.97 Å². The number of aryl methyl sites for hydroxylation is 1. The summed E-state index contributed by atoms with van der Waals surface area (Å²) in [5, 5.41) is 14.9. The molecule has 6 nitrogen and oxygen atoms in total. The predicted octanol–water partition coefficient (Wildman–Crippen LogP) is 1.01. The lowest BCUT2D eigenvalue weighted by Gasteiger charge is -2.23. The number of hydrogen-bond donors (Lipinski definition) is 3. The Morgan fingerprint density at radius 2 is 2.30 bits per heavy atom. The predicted molar refractivity (Wildman–Crippen MR) is 74.0 cm³/mol. The smallest absolute Gasteiger partial charge is 0.335 e. The normalized spacial score (nSPS) is 18.6. The Morgan fingerprint density at radius 3 is 2.95 bits per heavy atom. The Labute approximate surface area is 117 Å². The highest BCUT2D eigenvalue weighted by molar-refractivity contribution is 5.94. The van der Waals surface area contributed by atoms with Crippen LogP contribution in [0, 0.1) is 6.92 Å². The molecule has 1 fully saturated rings. The van der Waals surface area contributed by atoms with Crippen LogP contribution in [0.3, 0.4) is 0 Å². The summed E-state index contributed by atoms with van der Waals surface area (Å²) in [5.74, 6) is -1.19. The molecule has 0 bridgehead atoms. The van der Waals surface area contributed by atoms with Gasteiger partial charge in [0.05, 0.1) is 24.7 Å². The quantitative estimate of drug-likeness (QED) is 0.765. The van der Waals surface area contributed by atoms with E-state index in [0.29, 0.717) is 18.8 Å². The number of carboxylic acid groups (broad SMARTS) is 1. The molecule has 1 amide bonds. The summed E-state index contributed by atoms with van der Waals surface area (Å²) in [6.45, 7) is 3.88. The fraction of sp³-hybridized carbons (Fsp3) is 0.429. The largest absolute Gasteiger partial charge is 0.478 e. The molecule has 1 heterocycles. The molecule has 3 N–H and O–H groups in total. The van der Waals surface area contributed by atoms with Crippen LogP contribution < -0.4 is 10.6 Å². The number of aromatic carboxylic acids is 1. The molecule has 1 aromatic carbocycles. The van der Waals surface area contributed by atoms with Gasteiger partial charge >= 0.3 is 5.97 Å². The second-order valence-electron chi connectivity index (χ2n) is 4.78. The van der Waals surface area contributed by atoms with Crippen LogP contribution in [0.15, 0.2) is 18.2 Å². The summed E-state index contributed by atoms with van der Waals surface area (Å²) in [6, 6.07) is 4.66. The van der Waals surface area contributed by atoms with Crippen molar-refractivity contribution in [2.75, 3.05) is 25.0 Å². The second-order valence-corrected chi connectivity index (χ2v) is 4.78. The van der Waals surface area contributed by atoms with Gasteiger partial charge in [-0.15, -0.1) is 0 Å². The second kappa shape index (κ2) is 6.49. The van der Waals surface area contributed by atoms with Crippen LogP contribution in [0.4, 0.5) is 5.69 Å². The molecule has 2 rings (SSSR count). The van der Waals surface area contributed by atoms with Gasteiger partial charge in [-0.05, 0) is 24.6 Å². The first kappa shape index (κ1) is 14.5. The molecule has 0 saturated carbocycles. The van der Waals surface area contributed by atoms with Crippen LogP contribution in [0.2, 0.25) is 0 Å². The lowest BCUT2D eigenvalue weighted by molar-refractivity contribution is -0.119. The number of amides is 1. The van der Waals surface area contributed by atoms with Crippen molar-refractivity contribution in [2.24, 2.45) is 0 Å². The number of hydrogen-bond acceptors (Lipinski definition) is 4. The highest BCUT2D eigenvalue weighted by atomic mass is 16.5. The summed E-state index contributed by atoms with van der Waals surface area (Å²) in [7, 11) is 0. The molecule has 6 heteroatoms. The van der Waals surface area contributed by atoms with Gasteiger partial charge in [-0.1, -0.05) is 6.07 Å². The molecule has 0 radical (unpaired) electrons. The maximum Gasteiger partial charge on any atom is 0.335 e. The van der Waals surface area contributed by atoms with Crippen molar-refractivity contribution < 1.29 is 19.4 Å². The number of morpholine rings is 1. The first-order chi connectivity index (χ1) is 9.56. The molecule has 0 spiro atoms. The highest BCUT2D eigenvalue weighted by Crippen LogP contribution is 2.17. The number of carboxylic acids is 1. The molecule has 0 aromatic heterocycles. The van der Waals surface area contributed by atoms with Gasteiger partial charge < -0.3 is 20.5 Å². The molecule has 1 unspecified atom stereocenters.